The summed E-state index contributed by atoms with van der Waals surface area (Å²) in [5, 5.41) is 0.501. The lowest BCUT2D eigenvalue weighted by Crippen LogP contribution is -2.18. The van der Waals surface area contributed by atoms with Gasteiger partial charge in [0.05, 0.1) is 19.1 Å². The number of hydrogen-bond donors (Lipinski definition) is 0. The molecule has 1 aromatic rings. The van der Waals surface area contributed by atoms with E-state index in [4.69, 9.17) is 27.9 Å². The van der Waals surface area contributed by atoms with Crippen molar-refractivity contribution in [3.63, 3.8) is 0 Å². The van der Waals surface area contributed by atoms with Gasteiger partial charge in [-0.15, -0.1) is 11.6 Å². The molecule has 2 nitrogen and oxygen atoms in total. The van der Waals surface area contributed by atoms with Crippen LogP contribution in [0.5, 0.6) is 5.75 Å². The first-order valence-corrected chi connectivity index (χ1v) is 6.46. The molecule has 1 aromatic carbocycles. The normalized spacial score (nSPS) is 11.6. The summed E-state index contributed by atoms with van der Waals surface area (Å²) in [6.07, 6.45) is -3.94. The van der Waals surface area contributed by atoms with Crippen molar-refractivity contribution in [1.82, 2.24) is 0 Å². The van der Waals surface area contributed by atoms with Gasteiger partial charge in [0, 0.05) is 17.0 Å². The molecule has 0 aliphatic rings. The van der Waals surface area contributed by atoms with Crippen LogP contribution in [0, 0.1) is 0 Å². The highest BCUT2D eigenvalue weighted by Crippen LogP contribution is 2.28. The third-order valence-electron chi connectivity index (χ3n) is 2.17. The van der Waals surface area contributed by atoms with Crippen LogP contribution in [0.4, 0.5) is 13.2 Å². The van der Waals surface area contributed by atoms with Gasteiger partial charge in [-0.05, 0) is 12.1 Å². The molecule has 0 heterocycles. The van der Waals surface area contributed by atoms with Crippen molar-refractivity contribution in [1.29, 1.82) is 0 Å². The van der Waals surface area contributed by atoms with E-state index < -0.39 is 12.8 Å². The van der Waals surface area contributed by atoms with Crippen LogP contribution in [0.1, 0.15) is 12.0 Å². The fourth-order valence-corrected chi connectivity index (χ4v) is 1.91. The predicted molar refractivity (Wildman–Crippen MR) is 68.0 cm³/mol. The molecule has 0 fully saturated rings. The highest BCUT2D eigenvalue weighted by atomic mass is 35.5. The predicted octanol–water partition coefficient (Wildman–Crippen LogP) is 4.43. The first kappa shape index (κ1) is 16.4. The lowest BCUT2D eigenvalue weighted by Gasteiger charge is -2.11. The van der Waals surface area contributed by atoms with E-state index in [1.165, 1.54) is 0 Å². The number of ether oxygens (including phenoxy) is 2. The molecule has 0 amide bonds. The van der Waals surface area contributed by atoms with Gasteiger partial charge in [-0.3, -0.25) is 0 Å². The average Bonchev–Trinajstić information content (AvgIpc) is 2.32. The van der Waals surface area contributed by atoms with Crippen LogP contribution in [-0.4, -0.2) is 26.0 Å². The van der Waals surface area contributed by atoms with Gasteiger partial charge in [-0.2, -0.15) is 13.2 Å². The molecule has 0 bridgehead atoms. The summed E-state index contributed by atoms with van der Waals surface area (Å²) in [5.74, 6) is 0.748. The first-order chi connectivity index (χ1) is 8.94. The molecule has 0 atom stereocenters. The summed E-state index contributed by atoms with van der Waals surface area (Å²) in [4.78, 5) is 0. The van der Waals surface area contributed by atoms with Gasteiger partial charge in [0.1, 0.15) is 12.4 Å². The minimum Gasteiger partial charge on any atom is -0.493 e. The Balaban J connectivity index is 2.28. The molecule has 1 rings (SSSR count). The summed E-state index contributed by atoms with van der Waals surface area (Å²) >= 11 is 11.7. The zero-order valence-electron chi connectivity index (χ0n) is 9.97. The molecular weight excluding hydrogens is 304 g/mol. The molecule has 108 valence electrons. The largest absolute Gasteiger partial charge is 0.493 e. The second-order valence-corrected chi connectivity index (χ2v) is 4.39. The van der Waals surface area contributed by atoms with Crippen LogP contribution in [-0.2, 0) is 10.6 Å². The van der Waals surface area contributed by atoms with E-state index in [9.17, 15) is 13.2 Å². The van der Waals surface area contributed by atoms with E-state index in [0.29, 0.717) is 22.8 Å². The van der Waals surface area contributed by atoms with E-state index in [-0.39, 0.29) is 19.1 Å². The van der Waals surface area contributed by atoms with Crippen LogP contribution >= 0.6 is 23.2 Å². The van der Waals surface area contributed by atoms with Gasteiger partial charge in [-0.25, -0.2) is 0 Å². The molecule has 0 saturated carbocycles. The molecule has 0 radical (unpaired) electrons. The van der Waals surface area contributed by atoms with Crippen LogP contribution in [0.25, 0.3) is 0 Å². The Morgan fingerprint density at radius 1 is 1.16 bits per heavy atom. The fraction of sp³-hybridized carbons (Fsp3) is 0.500. The van der Waals surface area contributed by atoms with Crippen molar-refractivity contribution in [2.75, 3.05) is 19.8 Å². The van der Waals surface area contributed by atoms with Gasteiger partial charge >= 0.3 is 6.18 Å². The van der Waals surface area contributed by atoms with Crippen molar-refractivity contribution in [2.24, 2.45) is 0 Å². The van der Waals surface area contributed by atoms with Crippen molar-refractivity contribution >= 4 is 23.2 Å². The van der Waals surface area contributed by atoms with Crippen LogP contribution in [0.2, 0.25) is 5.02 Å². The molecule has 19 heavy (non-hydrogen) atoms. The van der Waals surface area contributed by atoms with E-state index in [1.54, 1.807) is 18.2 Å². The lowest BCUT2D eigenvalue weighted by molar-refractivity contribution is -0.174. The summed E-state index contributed by atoms with van der Waals surface area (Å²) in [6, 6.07) is 5.12. The van der Waals surface area contributed by atoms with Gasteiger partial charge in [0.25, 0.3) is 0 Å². The fourth-order valence-electron chi connectivity index (χ4n) is 1.33. The van der Waals surface area contributed by atoms with E-state index in [2.05, 4.69) is 4.74 Å². The van der Waals surface area contributed by atoms with Crippen LogP contribution in [0.3, 0.4) is 0 Å². The number of hydrogen-bond acceptors (Lipinski definition) is 2. The molecule has 0 N–H and O–H groups in total. The summed E-state index contributed by atoms with van der Waals surface area (Å²) in [5.41, 5.74) is 0.669. The van der Waals surface area contributed by atoms with Crippen LogP contribution in [0.15, 0.2) is 18.2 Å². The smallest absolute Gasteiger partial charge is 0.411 e. The molecule has 0 aromatic heterocycles. The van der Waals surface area contributed by atoms with Gasteiger partial charge in [-0.1, -0.05) is 17.7 Å². The van der Waals surface area contributed by atoms with E-state index in [1.807, 2.05) is 0 Å². The highest BCUT2D eigenvalue weighted by Gasteiger charge is 2.27. The van der Waals surface area contributed by atoms with Crippen molar-refractivity contribution < 1.29 is 22.6 Å². The molecule has 0 saturated heterocycles. The maximum absolute atomic E-state index is 11.8. The average molecular weight is 317 g/mol. The third-order valence-corrected chi connectivity index (χ3v) is 2.79. The summed E-state index contributed by atoms with van der Waals surface area (Å²) < 4.78 is 45.2. The Bertz CT molecular complexity index is 397. The third kappa shape index (κ3) is 6.36. The van der Waals surface area contributed by atoms with Gasteiger partial charge in [0.2, 0.25) is 0 Å². The Labute approximate surface area is 119 Å². The Morgan fingerprint density at radius 2 is 1.89 bits per heavy atom. The Kier molecular flexibility index (Phi) is 6.75. The first-order valence-electron chi connectivity index (χ1n) is 5.54. The molecule has 0 aliphatic carbocycles. The number of benzene rings is 1. The lowest BCUT2D eigenvalue weighted by atomic mass is 10.2. The molecule has 0 aliphatic heterocycles. The molecule has 7 heteroatoms. The SMILES string of the molecule is FC(F)(F)COCCCOc1cccc(Cl)c1CCl. The van der Waals surface area contributed by atoms with E-state index >= 15 is 0 Å². The van der Waals surface area contributed by atoms with Gasteiger partial charge < -0.3 is 9.47 Å². The van der Waals surface area contributed by atoms with Crippen molar-refractivity contribution in [2.45, 2.75) is 18.5 Å². The standard InChI is InChI=1S/C12H13Cl2F3O2/c13-7-9-10(14)3-1-4-11(9)19-6-2-5-18-8-12(15,16)17/h1,3-4H,2,5-8H2. The Morgan fingerprint density at radius 3 is 2.53 bits per heavy atom. The van der Waals surface area contributed by atoms with Crippen molar-refractivity contribution in [3.05, 3.63) is 28.8 Å². The number of rotatable bonds is 7. The van der Waals surface area contributed by atoms with Gasteiger partial charge in [0.15, 0.2) is 0 Å². The monoisotopic (exact) mass is 316 g/mol. The molecule has 0 spiro atoms. The maximum atomic E-state index is 11.8. The minimum atomic E-state index is -4.29. The topological polar surface area (TPSA) is 18.5 Å². The van der Waals surface area contributed by atoms with Crippen LogP contribution < -0.4 is 4.74 Å². The minimum absolute atomic E-state index is 0.0176. The number of halogens is 5. The maximum Gasteiger partial charge on any atom is 0.411 e. The van der Waals surface area contributed by atoms with Crippen molar-refractivity contribution in [3.8, 4) is 5.75 Å². The number of alkyl halides is 4. The zero-order valence-corrected chi connectivity index (χ0v) is 11.5. The summed E-state index contributed by atoms with van der Waals surface area (Å²) in [6.45, 7) is -1.02. The second-order valence-electron chi connectivity index (χ2n) is 3.72. The molecular formula is C12H13Cl2F3O2. The quantitative estimate of drug-likeness (QED) is 0.547. The summed E-state index contributed by atoms with van der Waals surface area (Å²) in [7, 11) is 0. The molecule has 0 unspecified atom stereocenters. The second kappa shape index (κ2) is 7.82. The highest BCUT2D eigenvalue weighted by molar-refractivity contribution is 6.32. The Hall–Kier alpha value is -0.650. The van der Waals surface area contributed by atoms with E-state index in [0.717, 1.165) is 0 Å². The zero-order chi connectivity index (χ0) is 14.3.